The van der Waals surface area contributed by atoms with Crippen molar-refractivity contribution in [2.24, 2.45) is 10.2 Å². The number of halogens is 4. The van der Waals surface area contributed by atoms with Crippen LogP contribution in [0.25, 0.3) is 11.3 Å². The highest BCUT2D eigenvalue weighted by molar-refractivity contribution is 6.28. The summed E-state index contributed by atoms with van der Waals surface area (Å²) in [7, 11) is 0. The number of hydrogen-bond acceptors (Lipinski definition) is 5. The number of alkyl halides is 3. The second-order valence-electron chi connectivity index (χ2n) is 5.34. The van der Waals surface area contributed by atoms with E-state index in [0.29, 0.717) is 11.3 Å². The van der Waals surface area contributed by atoms with E-state index in [1.807, 2.05) is 30.3 Å². The highest BCUT2D eigenvalue weighted by Gasteiger charge is 2.30. The Morgan fingerprint density at radius 1 is 0.963 bits per heavy atom. The molecular weight excluding hydrogens is 381 g/mol. The highest BCUT2D eigenvalue weighted by Crippen LogP contribution is 2.24. The molecule has 0 atom stereocenters. The molecule has 27 heavy (non-hydrogen) atoms. The van der Waals surface area contributed by atoms with Crippen molar-refractivity contribution in [1.29, 1.82) is 0 Å². The van der Waals surface area contributed by atoms with E-state index in [4.69, 9.17) is 11.6 Å². The molecule has 0 fully saturated rings. The van der Waals surface area contributed by atoms with Gasteiger partial charge in [-0.25, -0.2) is 4.98 Å². The summed E-state index contributed by atoms with van der Waals surface area (Å²) in [5.41, 5.74) is 2.13. The van der Waals surface area contributed by atoms with Crippen molar-refractivity contribution < 1.29 is 17.9 Å². The summed E-state index contributed by atoms with van der Waals surface area (Å²) in [5, 5.41) is 8.05. The van der Waals surface area contributed by atoms with Crippen LogP contribution < -0.4 is 4.74 Å². The number of azo groups is 1. The van der Waals surface area contributed by atoms with E-state index in [-0.39, 0.29) is 23.4 Å². The molecule has 3 rings (SSSR count). The van der Waals surface area contributed by atoms with Gasteiger partial charge < -0.3 is 4.74 Å². The van der Waals surface area contributed by atoms with Gasteiger partial charge >= 0.3 is 6.36 Å². The molecule has 0 N–H and O–H groups in total. The minimum Gasteiger partial charge on any atom is -0.406 e. The van der Waals surface area contributed by atoms with Gasteiger partial charge in [0.05, 0.1) is 12.2 Å². The van der Waals surface area contributed by atoms with E-state index in [2.05, 4.69) is 24.9 Å². The Bertz CT molecular complexity index is 932. The van der Waals surface area contributed by atoms with Gasteiger partial charge in [0.1, 0.15) is 5.75 Å². The van der Waals surface area contributed by atoms with Crippen LogP contribution in [-0.4, -0.2) is 16.3 Å². The zero-order valence-electron chi connectivity index (χ0n) is 13.7. The standard InChI is InChI=1S/C18H12ClF3N4O/c19-17-24-15(13-4-2-1-3-5-13)10-16(25-17)26-23-11-12-6-8-14(9-7-12)27-18(20,21)22/h1-10H,11H2. The summed E-state index contributed by atoms with van der Waals surface area (Å²) in [6.45, 7) is 0.161. The number of rotatable bonds is 5. The summed E-state index contributed by atoms with van der Waals surface area (Å²) >= 11 is 5.94. The summed E-state index contributed by atoms with van der Waals surface area (Å²) in [6.07, 6.45) is -4.72. The molecule has 0 amide bonds. The first kappa shape index (κ1) is 18.8. The van der Waals surface area contributed by atoms with Crippen LogP contribution in [0.3, 0.4) is 0 Å². The van der Waals surface area contributed by atoms with Gasteiger partial charge in [-0.1, -0.05) is 42.5 Å². The zero-order chi connectivity index (χ0) is 19.3. The predicted molar refractivity (Wildman–Crippen MR) is 93.8 cm³/mol. The first-order chi connectivity index (χ1) is 12.9. The molecule has 138 valence electrons. The Hall–Kier alpha value is -3.00. The summed E-state index contributed by atoms with van der Waals surface area (Å²) in [4.78, 5) is 8.15. The molecule has 0 saturated carbocycles. The minimum atomic E-state index is -4.72. The molecule has 0 aliphatic heterocycles. The third kappa shape index (κ3) is 5.75. The molecule has 1 aromatic heterocycles. The number of nitrogens with zero attached hydrogens (tertiary/aromatic N) is 4. The predicted octanol–water partition coefficient (Wildman–Crippen LogP) is 5.98. The number of aromatic nitrogens is 2. The number of hydrogen-bond donors (Lipinski definition) is 0. The maximum Gasteiger partial charge on any atom is 0.573 e. The van der Waals surface area contributed by atoms with Crippen molar-refractivity contribution >= 4 is 17.4 Å². The van der Waals surface area contributed by atoms with Gasteiger partial charge in [0, 0.05) is 11.6 Å². The molecule has 0 aliphatic rings. The maximum atomic E-state index is 12.1. The molecular formula is C18H12ClF3N4O. The van der Waals surface area contributed by atoms with Gasteiger partial charge in [0.15, 0.2) is 5.82 Å². The molecule has 0 aliphatic carbocycles. The average Bonchev–Trinajstić information content (AvgIpc) is 2.62. The molecule has 9 heteroatoms. The lowest BCUT2D eigenvalue weighted by atomic mass is 10.1. The highest BCUT2D eigenvalue weighted by atomic mass is 35.5. The smallest absolute Gasteiger partial charge is 0.406 e. The van der Waals surface area contributed by atoms with E-state index >= 15 is 0 Å². The normalized spacial score (nSPS) is 11.7. The fourth-order valence-electron chi connectivity index (χ4n) is 2.20. The molecule has 3 aromatic rings. The lowest BCUT2D eigenvalue weighted by molar-refractivity contribution is -0.274. The van der Waals surface area contributed by atoms with Crippen LogP contribution in [-0.2, 0) is 6.54 Å². The van der Waals surface area contributed by atoms with Crippen molar-refractivity contribution in [3.8, 4) is 17.0 Å². The van der Waals surface area contributed by atoms with E-state index < -0.39 is 6.36 Å². The average molecular weight is 393 g/mol. The van der Waals surface area contributed by atoms with E-state index in [0.717, 1.165) is 5.56 Å². The van der Waals surface area contributed by atoms with Crippen LogP contribution in [0.15, 0.2) is 70.9 Å². The van der Waals surface area contributed by atoms with Crippen molar-refractivity contribution in [3.05, 3.63) is 71.5 Å². The number of benzene rings is 2. The van der Waals surface area contributed by atoms with Crippen molar-refractivity contribution in [2.45, 2.75) is 12.9 Å². The van der Waals surface area contributed by atoms with Crippen LogP contribution in [0, 0.1) is 0 Å². The lowest BCUT2D eigenvalue weighted by Gasteiger charge is -2.08. The Morgan fingerprint density at radius 3 is 2.33 bits per heavy atom. The monoisotopic (exact) mass is 392 g/mol. The van der Waals surface area contributed by atoms with Crippen LogP contribution >= 0.6 is 11.6 Å². The van der Waals surface area contributed by atoms with Crippen LogP contribution in [0.2, 0.25) is 5.28 Å². The zero-order valence-corrected chi connectivity index (χ0v) is 14.4. The summed E-state index contributed by atoms with van der Waals surface area (Å²) in [5.74, 6) is -0.0100. The van der Waals surface area contributed by atoms with E-state index in [1.54, 1.807) is 6.07 Å². The van der Waals surface area contributed by atoms with Crippen molar-refractivity contribution in [3.63, 3.8) is 0 Å². The SMILES string of the molecule is FC(F)(F)Oc1ccc(CN=Nc2cc(-c3ccccc3)nc(Cl)n2)cc1. The Kier molecular flexibility index (Phi) is 5.66. The third-order valence-electron chi connectivity index (χ3n) is 3.34. The molecule has 0 bridgehead atoms. The molecule has 1 heterocycles. The lowest BCUT2D eigenvalue weighted by Crippen LogP contribution is -2.16. The van der Waals surface area contributed by atoms with Gasteiger partial charge in [-0.2, -0.15) is 10.1 Å². The van der Waals surface area contributed by atoms with Crippen LogP contribution in [0.1, 0.15) is 5.56 Å². The van der Waals surface area contributed by atoms with Gasteiger partial charge in [0.2, 0.25) is 5.28 Å². The van der Waals surface area contributed by atoms with Gasteiger partial charge in [0.25, 0.3) is 0 Å². The van der Waals surface area contributed by atoms with E-state index in [1.165, 1.54) is 24.3 Å². The van der Waals surface area contributed by atoms with Crippen LogP contribution in [0.5, 0.6) is 5.75 Å². The maximum absolute atomic E-state index is 12.1. The topological polar surface area (TPSA) is 59.7 Å². The first-order valence-electron chi connectivity index (χ1n) is 7.71. The third-order valence-corrected chi connectivity index (χ3v) is 3.51. The second kappa shape index (κ2) is 8.13. The Labute approximate surface area is 157 Å². The van der Waals surface area contributed by atoms with Crippen LogP contribution in [0.4, 0.5) is 19.0 Å². The van der Waals surface area contributed by atoms with Gasteiger partial charge in [-0.05, 0) is 29.3 Å². The second-order valence-corrected chi connectivity index (χ2v) is 5.68. The summed E-state index contributed by atoms with van der Waals surface area (Å²) < 4.78 is 40.2. The Balaban J connectivity index is 1.69. The molecule has 0 radical (unpaired) electrons. The fraction of sp³-hybridized carbons (Fsp3) is 0.111. The van der Waals surface area contributed by atoms with Gasteiger partial charge in [-0.3, -0.25) is 0 Å². The van der Waals surface area contributed by atoms with E-state index in [9.17, 15) is 13.2 Å². The number of ether oxygens (including phenoxy) is 1. The van der Waals surface area contributed by atoms with Crippen molar-refractivity contribution in [1.82, 2.24) is 9.97 Å². The molecule has 0 spiro atoms. The Morgan fingerprint density at radius 2 is 1.67 bits per heavy atom. The molecule has 5 nitrogen and oxygen atoms in total. The fourth-order valence-corrected chi connectivity index (χ4v) is 2.38. The van der Waals surface area contributed by atoms with Crippen molar-refractivity contribution in [2.75, 3.05) is 0 Å². The summed E-state index contributed by atoms with van der Waals surface area (Å²) in [6, 6.07) is 16.4. The largest absolute Gasteiger partial charge is 0.573 e. The molecule has 2 aromatic carbocycles. The first-order valence-corrected chi connectivity index (χ1v) is 8.09. The van der Waals surface area contributed by atoms with Gasteiger partial charge in [-0.15, -0.1) is 18.3 Å². The molecule has 0 unspecified atom stereocenters. The quantitative estimate of drug-likeness (QED) is 0.396. The minimum absolute atomic E-state index is 0.0407. The molecule has 0 saturated heterocycles.